The molecule has 0 fully saturated rings. The molecule has 3 nitrogen and oxygen atoms in total. The van der Waals surface area contributed by atoms with E-state index >= 15 is 0 Å². The maximum Gasteiger partial charge on any atom is 0.318 e. The highest BCUT2D eigenvalue weighted by molar-refractivity contribution is 8.14. The first-order chi connectivity index (χ1) is 4.57. The number of methoxy groups -OCH3 is 1. The smallest absolute Gasteiger partial charge is 0.318 e. The molecular weight excluding hydrogens is 152 g/mol. The van der Waals surface area contributed by atoms with Crippen molar-refractivity contribution in [2.24, 2.45) is 0 Å². The highest BCUT2D eigenvalue weighted by Gasteiger charge is 2.14. The van der Waals surface area contributed by atoms with Crippen LogP contribution < -0.4 is 0 Å². The van der Waals surface area contributed by atoms with Gasteiger partial charge in [0.05, 0.1) is 7.11 Å². The molecule has 0 spiro atoms. The molecule has 0 amide bonds. The van der Waals surface area contributed by atoms with Crippen molar-refractivity contribution in [1.29, 1.82) is 0 Å². The van der Waals surface area contributed by atoms with Crippen molar-refractivity contribution in [3.8, 4) is 0 Å². The van der Waals surface area contributed by atoms with Crippen LogP contribution in [0.25, 0.3) is 0 Å². The van der Waals surface area contributed by atoms with E-state index in [1.807, 2.05) is 0 Å². The minimum atomic E-state index is -0.387. The van der Waals surface area contributed by atoms with Crippen LogP contribution in [-0.2, 0) is 14.3 Å². The Morgan fingerprint density at radius 1 is 1.50 bits per heavy atom. The number of carbonyl (C=O) groups is 2. The monoisotopic (exact) mass is 162 g/mol. The first-order valence-corrected chi connectivity index (χ1v) is 3.71. The van der Waals surface area contributed by atoms with Crippen molar-refractivity contribution in [3.05, 3.63) is 0 Å². The topological polar surface area (TPSA) is 43.4 Å². The van der Waals surface area contributed by atoms with Crippen molar-refractivity contribution < 1.29 is 14.3 Å². The Morgan fingerprint density at radius 3 is 2.30 bits per heavy atom. The van der Waals surface area contributed by atoms with E-state index in [2.05, 4.69) is 4.74 Å². The number of hydrogen-bond acceptors (Lipinski definition) is 4. The number of carbonyl (C=O) groups excluding carboxylic acids is 2. The fourth-order valence-electron chi connectivity index (χ4n) is 0.463. The summed E-state index contributed by atoms with van der Waals surface area (Å²) >= 11 is 0.974. The lowest BCUT2D eigenvalue weighted by Crippen LogP contribution is -2.15. The van der Waals surface area contributed by atoms with E-state index in [0.29, 0.717) is 0 Å². The van der Waals surface area contributed by atoms with Gasteiger partial charge in [0.15, 0.2) is 5.12 Å². The van der Waals surface area contributed by atoms with Crippen LogP contribution in [0.5, 0.6) is 0 Å². The van der Waals surface area contributed by atoms with Gasteiger partial charge in [-0.1, -0.05) is 11.8 Å². The van der Waals surface area contributed by atoms with Gasteiger partial charge in [-0.15, -0.1) is 0 Å². The number of rotatable bonds is 2. The molecule has 0 heterocycles. The zero-order valence-corrected chi connectivity index (χ0v) is 7.03. The van der Waals surface area contributed by atoms with Crippen LogP contribution >= 0.6 is 11.8 Å². The molecule has 0 aliphatic heterocycles. The Morgan fingerprint density at radius 2 is 2.00 bits per heavy atom. The second-order valence-corrected chi connectivity index (χ2v) is 3.29. The van der Waals surface area contributed by atoms with E-state index in [9.17, 15) is 9.59 Å². The van der Waals surface area contributed by atoms with E-state index in [4.69, 9.17) is 0 Å². The molecule has 0 N–H and O–H groups in total. The van der Waals surface area contributed by atoms with Gasteiger partial charge in [0.25, 0.3) is 0 Å². The highest BCUT2D eigenvalue weighted by Crippen LogP contribution is 2.11. The summed E-state index contributed by atoms with van der Waals surface area (Å²) in [6.45, 7) is 3.06. The molecule has 0 rings (SSSR count). The standard InChI is InChI=1S/C6H10O3S/c1-4(6(8)9-3)10-5(2)7/h4H,1-3H3/t4-/m1/s1. The van der Waals surface area contributed by atoms with E-state index in [1.54, 1.807) is 6.92 Å². The minimum absolute atomic E-state index is 0.0714. The average Bonchev–Trinajstić information content (AvgIpc) is 1.85. The van der Waals surface area contributed by atoms with Crippen LogP contribution in [0.1, 0.15) is 13.8 Å². The summed E-state index contributed by atoms with van der Waals surface area (Å²) in [5.41, 5.74) is 0. The predicted molar refractivity (Wildman–Crippen MR) is 39.8 cm³/mol. The summed E-state index contributed by atoms with van der Waals surface area (Å²) in [7, 11) is 1.31. The number of ether oxygens (including phenoxy) is 1. The second-order valence-electron chi connectivity index (χ2n) is 1.77. The largest absolute Gasteiger partial charge is 0.468 e. The Kier molecular flexibility index (Phi) is 4.11. The van der Waals surface area contributed by atoms with Crippen LogP contribution in [0.2, 0.25) is 0 Å². The van der Waals surface area contributed by atoms with Crippen LogP contribution in [0.15, 0.2) is 0 Å². The number of hydrogen-bond donors (Lipinski definition) is 0. The molecule has 0 aliphatic rings. The summed E-state index contributed by atoms with van der Waals surface area (Å²) in [6, 6.07) is 0. The highest BCUT2D eigenvalue weighted by atomic mass is 32.2. The second kappa shape index (κ2) is 4.33. The van der Waals surface area contributed by atoms with Gasteiger partial charge in [0.2, 0.25) is 0 Å². The number of thioether (sulfide) groups is 1. The molecule has 1 atom stereocenters. The van der Waals surface area contributed by atoms with E-state index in [1.165, 1.54) is 14.0 Å². The summed E-state index contributed by atoms with van der Waals surface area (Å²) < 4.78 is 4.40. The third-order valence-electron chi connectivity index (χ3n) is 0.876. The predicted octanol–water partition coefficient (Wildman–Crippen LogP) is 0.828. The molecule has 0 aromatic carbocycles. The SMILES string of the molecule is COC(=O)[C@@H](C)SC(C)=O. The molecule has 10 heavy (non-hydrogen) atoms. The van der Waals surface area contributed by atoms with Gasteiger partial charge in [0.1, 0.15) is 5.25 Å². The molecule has 0 radical (unpaired) electrons. The Labute approximate surface area is 64.1 Å². The minimum Gasteiger partial charge on any atom is -0.468 e. The molecule has 0 aromatic rings. The summed E-state index contributed by atoms with van der Waals surface area (Å²) in [5, 5.41) is -0.458. The molecule has 4 heteroatoms. The zero-order chi connectivity index (χ0) is 8.15. The van der Waals surface area contributed by atoms with Crippen molar-refractivity contribution in [1.82, 2.24) is 0 Å². The molecule has 58 valence electrons. The van der Waals surface area contributed by atoms with Crippen molar-refractivity contribution in [2.75, 3.05) is 7.11 Å². The van der Waals surface area contributed by atoms with Crippen molar-refractivity contribution in [3.63, 3.8) is 0 Å². The summed E-state index contributed by atoms with van der Waals surface area (Å²) in [6.07, 6.45) is 0. The lowest BCUT2D eigenvalue weighted by molar-refractivity contribution is -0.139. The summed E-state index contributed by atoms with van der Waals surface area (Å²) in [5.74, 6) is -0.361. The molecule has 0 unspecified atom stereocenters. The van der Waals surface area contributed by atoms with Crippen molar-refractivity contribution >= 4 is 22.8 Å². The van der Waals surface area contributed by atoms with Crippen LogP contribution in [-0.4, -0.2) is 23.4 Å². The molecule has 0 saturated carbocycles. The quantitative estimate of drug-likeness (QED) is 0.564. The Hall–Kier alpha value is -0.510. The Bertz CT molecular complexity index is 144. The van der Waals surface area contributed by atoms with Gasteiger partial charge in [-0.2, -0.15) is 0 Å². The Balaban J connectivity index is 3.72. The fraction of sp³-hybridized carbons (Fsp3) is 0.667. The zero-order valence-electron chi connectivity index (χ0n) is 6.21. The van der Waals surface area contributed by atoms with Crippen LogP contribution in [0.4, 0.5) is 0 Å². The van der Waals surface area contributed by atoms with Crippen LogP contribution in [0.3, 0.4) is 0 Å². The fourth-order valence-corrected chi connectivity index (χ4v) is 1.15. The first-order valence-electron chi connectivity index (χ1n) is 2.83. The molecule has 0 aromatic heterocycles. The normalized spacial score (nSPS) is 12.3. The van der Waals surface area contributed by atoms with Gasteiger partial charge < -0.3 is 4.74 Å². The maximum atomic E-state index is 10.7. The average molecular weight is 162 g/mol. The van der Waals surface area contributed by atoms with Gasteiger partial charge in [0, 0.05) is 6.92 Å². The lowest BCUT2D eigenvalue weighted by atomic mass is 10.5. The summed E-state index contributed by atoms with van der Waals surface area (Å²) in [4.78, 5) is 21.1. The van der Waals surface area contributed by atoms with Gasteiger partial charge in [-0.05, 0) is 6.92 Å². The van der Waals surface area contributed by atoms with Gasteiger partial charge >= 0.3 is 5.97 Å². The van der Waals surface area contributed by atoms with E-state index < -0.39 is 0 Å². The number of esters is 1. The van der Waals surface area contributed by atoms with Crippen LogP contribution in [0, 0.1) is 0 Å². The first kappa shape index (κ1) is 9.49. The third-order valence-corrected chi connectivity index (χ3v) is 1.75. The van der Waals surface area contributed by atoms with Crippen molar-refractivity contribution in [2.45, 2.75) is 19.1 Å². The van der Waals surface area contributed by atoms with Gasteiger partial charge in [-0.3, -0.25) is 9.59 Å². The molecule has 0 saturated heterocycles. The maximum absolute atomic E-state index is 10.7. The molecule has 0 aliphatic carbocycles. The lowest BCUT2D eigenvalue weighted by Gasteiger charge is -2.04. The van der Waals surface area contributed by atoms with Gasteiger partial charge in [-0.25, -0.2) is 0 Å². The molecule has 0 bridgehead atoms. The third kappa shape index (κ3) is 3.50. The van der Waals surface area contributed by atoms with E-state index in [-0.39, 0.29) is 16.3 Å². The van der Waals surface area contributed by atoms with E-state index in [0.717, 1.165) is 11.8 Å². The molecular formula is C6H10O3S.